The highest BCUT2D eigenvalue weighted by atomic mass is 19.1. The van der Waals surface area contributed by atoms with Gasteiger partial charge in [0.2, 0.25) is 0 Å². The number of halogens is 2. The van der Waals surface area contributed by atoms with E-state index in [0.29, 0.717) is 0 Å². The lowest BCUT2D eigenvalue weighted by Crippen LogP contribution is -2.16. The molecule has 7 heteroatoms. The van der Waals surface area contributed by atoms with Crippen molar-refractivity contribution in [3.8, 4) is 0 Å². The molecule has 1 amide bonds. The van der Waals surface area contributed by atoms with Crippen LogP contribution in [0.25, 0.3) is 0 Å². The molecule has 0 aliphatic rings. The van der Waals surface area contributed by atoms with E-state index in [-0.39, 0.29) is 11.4 Å². The normalized spacial score (nSPS) is 10.1. The van der Waals surface area contributed by atoms with Gasteiger partial charge >= 0.3 is 0 Å². The number of nitro benzene ring substituents is 1. The van der Waals surface area contributed by atoms with Crippen LogP contribution in [0.15, 0.2) is 42.5 Å². The largest absolute Gasteiger partial charge is 0.316 e. The highest BCUT2D eigenvalue weighted by Gasteiger charge is 2.20. The molecular weight excluding hydrogens is 270 g/mol. The molecule has 0 spiro atoms. The molecular formula is C13H8F2N2O3. The number of benzene rings is 2. The second-order valence-corrected chi connectivity index (χ2v) is 3.83. The summed E-state index contributed by atoms with van der Waals surface area (Å²) in [6.07, 6.45) is 0. The van der Waals surface area contributed by atoms with E-state index >= 15 is 0 Å². The quantitative estimate of drug-likeness (QED) is 0.692. The molecule has 0 aliphatic heterocycles. The Morgan fingerprint density at radius 3 is 2.25 bits per heavy atom. The lowest BCUT2D eigenvalue weighted by atomic mass is 10.1. The van der Waals surface area contributed by atoms with Crippen molar-refractivity contribution in [2.75, 3.05) is 5.32 Å². The van der Waals surface area contributed by atoms with Gasteiger partial charge in [-0.25, -0.2) is 8.78 Å². The number of carbonyl (C=O) groups is 1. The van der Waals surface area contributed by atoms with Crippen molar-refractivity contribution in [2.45, 2.75) is 0 Å². The van der Waals surface area contributed by atoms with Gasteiger partial charge in [0, 0.05) is 6.07 Å². The van der Waals surface area contributed by atoms with Crippen LogP contribution in [0.2, 0.25) is 0 Å². The number of nitrogens with one attached hydrogen (secondary N) is 1. The van der Waals surface area contributed by atoms with Crippen LogP contribution in [0.5, 0.6) is 0 Å². The first-order chi connectivity index (χ1) is 9.50. The average Bonchev–Trinajstić information content (AvgIpc) is 2.38. The summed E-state index contributed by atoms with van der Waals surface area (Å²) in [7, 11) is 0. The van der Waals surface area contributed by atoms with E-state index in [4.69, 9.17) is 0 Å². The van der Waals surface area contributed by atoms with Gasteiger partial charge in [-0.3, -0.25) is 14.9 Å². The zero-order chi connectivity index (χ0) is 14.7. The van der Waals surface area contributed by atoms with Gasteiger partial charge in [0.1, 0.15) is 22.9 Å². The maximum Gasteiger partial charge on any atom is 0.292 e. The molecule has 0 heterocycles. The Morgan fingerprint density at radius 2 is 1.65 bits per heavy atom. The standard InChI is InChI=1S/C13H8F2N2O3/c14-8-4-3-5-9(15)12(8)13(18)16-10-6-1-2-7-11(10)17(19)20/h1-7H,(H,16,18). The number of rotatable bonds is 3. The van der Waals surface area contributed by atoms with Gasteiger partial charge in [-0.05, 0) is 18.2 Å². The summed E-state index contributed by atoms with van der Waals surface area (Å²) >= 11 is 0. The van der Waals surface area contributed by atoms with E-state index in [1.807, 2.05) is 0 Å². The monoisotopic (exact) mass is 278 g/mol. The number of nitrogens with zero attached hydrogens (tertiary/aromatic N) is 1. The van der Waals surface area contributed by atoms with Crippen LogP contribution < -0.4 is 5.32 Å². The number of carbonyl (C=O) groups excluding carboxylic acids is 1. The summed E-state index contributed by atoms with van der Waals surface area (Å²) in [4.78, 5) is 21.9. The molecule has 2 aromatic rings. The molecule has 1 N–H and O–H groups in total. The van der Waals surface area contributed by atoms with Crippen LogP contribution in [-0.2, 0) is 0 Å². The topological polar surface area (TPSA) is 72.2 Å². The van der Waals surface area contributed by atoms with Gasteiger partial charge in [0.05, 0.1) is 4.92 Å². The molecule has 0 aliphatic carbocycles. The van der Waals surface area contributed by atoms with Gasteiger partial charge in [-0.1, -0.05) is 18.2 Å². The average molecular weight is 278 g/mol. The molecule has 102 valence electrons. The smallest absolute Gasteiger partial charge is 0.292 e. The molecule has 0 saturated heterocycles. The van der Waals surface area contributed by atoms with Gasteiger partial charge < -0.3 is 5.32 Å². The number of anilines is 1. The Morgan fingerprint density at radius 1 is 1.05 bits per heavy atom. The zero-order valence-electron chi connectivity index (χ0n) is 9.97. The van der Waals surface area contributed by atoms with Crippen molar-refractivity contribution in [3.63, 3.8) is 0 Å². The van der Waals surface area contributed by atoms with E-state index < -0.39 is 28.0 Å². The molecule has 0 saturated carbocycles. The fourth-order valence-corrected chi connectivity index (χ4v) is 1.64. The minimum Gasteiger partial charge on any atom is -0.316 e. The molecule has 0 unspecified atom stereocenters. The Bertz CT molecular complexity index is 669. The van der Waals surface area contributed by atoms with Crippen molar-refractivity contribution in [2.24, 2.45) is 0 Å². The number of hydrogen-bond acceptors (Lipinski definition) is 3. The molecule has 0 aromatic heterocycles. The lowest BCUT2D eigenvalue weighted by molar-refractivity contribution is -0.383. The third kappa shape index (κ3) is 2.61. The van der Waals surface area contributed by atoms with E-state index in [1.165, 1.54) is 24.3 Å². The second kappa shape index (κ2) is 5.43. The lowest BCUT2D eigenvalue weighted by Gasteiger charge is -2.07. The van der Waals surface area contributed by atoms with Gasteiger partial charge in [-0.15, -0.1) is 0 Å². The van der Waals surface area contributed by atoms with Crippen molar-refractivity contribution >= 4 is 17.3 Å². The van der Waals surface area contributed by atoms with Gasteiger partial charge in [0.15, 0.2) is 0 Å². The first-order valence-electron chi connectivity index (χ1n) is 5.49. The van der Waals surface area contributed by atoms with Gasteiger partial charge in [-0.2, -0.15) is 0 Å². The SMILES string of the molecule is O=C(Nc1ccccc1[N+](=O)[O-])c1c(F)cccc1F. The summed E-state index contributed by atoms with van der Waals surface area (Å²) in [5.41, 5.74) is -1.28. The number of hydrogen-bond donors (Lipinski definition) is 1. The van der Waals surface area contributed by atoms with E-state index in [9.17, 15) is 23.7 Å². The highest BCUT2D eigenvalue weighted by Crippen LogP contribution is 2.24. The van der Waals surface area contributed by atoms with Crippen LogP contribution in [0.4, 0.5) is 20.2 Å². The summed E-state index contributed by atoms with van der Waals surface area (Å²) < 4.78 is 26.9. The molecule has 5 nitrogen and oxygen atoms in total. The summed E-state index contributed by atoms with van der Waals surface area (Å²) in [6.45, 7) is 0. The summed E-state index contributed by atoms with van der Waals surface area (Å²) in [5.74, 6) is -3.17. The molecule has 0 radical (unpaired) electrons. The minimum absolute atomic E-state index is 0.134. The summed E-state index contributed by atoms with van der Waals surface area (Å²) in [5, 5.41) is 12.9. The number of amides is 1. The van der Waals surface area contributed by atoms with E-state index in [2.05, 4.69) is 5.32 Å². The molecule has 0 fully saturated rings. The van der Waals surface area contributed by atoms with Crippen LogP contribution in [0, 0.1) is 21.7 Å². The molecule has 0 bridgehead atoms. The first kappa shape index (κ1) is 13.6. The molecule has 20 heavy (non-hydrogen) atoms. The number of para-hydroxylation sites is 2. The Labute approximate surface area is 112 Å². The van der Waals surface area contributed by atoms with Crippen LogP contribution >= 0.6 is 0 Å². The van der Waals surface area contributed by atoms with Crippen LogP contribution in [-0.4, -0.2) is 10.8 Å². The van der Waals surface area contributed by atoms with E-state index in [0.717, 1.165) is 18.2 Å². The summed E-state index contributed by atoms with van der Waals surface area (Å²) in [6, 6.07) is 8.29. The van der Waals surface area contributed by atoms with Gasteiger partial charge in [0.25, 0.3) is 11.6 Å². The third-order valence-electron chi connectivity index (χ3n) is 2.54. The molecule has 2 aromatic carbocycles. The zero-order valence-corrected chi connectivity index (χ0v) is 9.97. The van der Waals surface area contributed by atoms with Crippen molar-refractivity contribution < 1.29 is 18.5 Å². The first-order valence-corrected chi connectivity index (χ1v) is 5.49. The maximum atomic E-state index is 13.4. The van der Waals surface area contributed by atoms with Crippen LogP contribution in [0.1, 0.15) is 10.4 Å². The predicted octanol–water partition coefficient (Wildman–Crippen LogP) is 3.13. The highest BCUT2D eigenvalue weighted by molar-refractivity contribution is 6.05. The molecule has 2 rings (SSSR count). The molecule has 0 atom stereocenters. The Kier molecular flexibility index (Phi) is 3.69. The fraction of sp³-hybridized carbons (Fsp3) is 0. The Hall–Kier alpha value is -2.83. The number of nitro groups is 1. The fourth-order valence-electron chi connectivity index (χ4n) is 1.64. The van der Waals surface area contributed by atoms with Crippen LogP contribution in [0.3, 0.4) is 0 Å². The predicted molar refractivity (Wildman–Crippen MR) is 67.4 cm³/mol. The third-order valence-corrected chi connectivity index (χ3v) is 2.54. The second-order valence-electron chi connectivity index (χ2n) is 3.83. The van der Waals surface area contributed by atoms with Crippen molar-refractivity contribution in [3.05, 3.63) is 69.8 Å². The minimum atomic E-state index is -1.09. The van der Waals surface area contributed by atoms with Crippen molar-refractivity contribution in [1.82, 2.24) is 0 Å². The Balaban J connectivity index is 2.36. The van der Waals surface area contributed by atoms with Crippen molar-refractivity contribution in [1.29, 1.82) is 0 Å². The van der Waals surface area contributed by atoms with E-state index in [1.54, 1.807) is 0 Å². The maximum absolute atomic E-state index is 13.4.